The number of ether oxygens (including phenoxy) is 6. The Morgan fingerprint density at radius 3 is 1.57 bits per heavy atom. The van der Waals surface area contributed by atoms with Crippen LogP contribution in [0.2, 0.25) is 10.0 Å². The van der Waals surface area contributed by atoms with Crippen molar-refractivity contribution in [3.8, 4) is 23.6 Å². The summed E-state index contributed by atoms with van der Waals surface area (Å²) in [6.45, 7) is 10.2. The number of amides is 4. The number of nitriles is 2. The molecule has 26 heteroatoms. The molecule has 0 aromatic heterocycles. The average molecular weight is 1210 g/mol. The molecule has 0 unspecified atom stereocenters. The Morgan fingerprint density at radius 2 is 1.07 bits per heavy atom. The molecule has 1 saturated heterocycles. The third-order valence-electron chi connectivity index (χ3n) is 13.9. The molecular formula is C56H72Cl2N10O12S2. The number of carbonyl (C=O) groups is 2. The van der Waals surface area contributed by atoms with E-state index in [0.29, 0.717) is 89.0 Å². The van der Waals surface area contributed by atoms with Crippen LogP contribution < -0.4 is 45.5 Å². The normalized spacial score (nSPS) is 16.8. The first-order valence-corrected chi connectivity index (χ1v) is 31.1. The molecular weight excluding hydrogens is 1140 g/mol. The molecule has 3 atom stereocenters. The minimum atomic E-state index is -3.84. The van der Waals surface area contributed by atoms with E-state index in [1.165, 1.54) is 12.1 Å². The highest BCUT2D eigenvalue weighted by Gasteiger charge is 2.40. The molecule has 0 radical (unpaired) electrons. The van der Waals surface area contributed by atoms with Gasteiger partial charge in [-0.15, -0.1) is 0 Å². The summed E-state index contributed by atoms with van der Waals surface area (Å²) in [6, 6.07) is 20.2. The fourth-order valence-electron chi connectivity index (χ4n) is 9.81. The van der Waals surface area contributed by atoms with Crippen LogP contribution in [-0.2, 0) is 51.8 Å². The number of hydrogen-bond donors (Lipinski definition) is 7. The van der Waals surface area contributed by atoms with Gasteiger partial charge in [-0.3, -0.25) is 4.90 Å². The minimum Gasteiger partial charge on any atom is -0.485 e. The van der Waals surface area contributed by atoms with Crippen molar-refractivity contribution in [2.75, 3.05) is 118 Å². The van der Waals surface area contributed by atoms with Gasteiger partial charge in [0, 0.05) is 75.5 Å². The van der Waals surface area contributed by atoms with Crippen LogP contribution >= 0.6 is 23.2 Å². The number of benzene rings is 4. The number of aryl methyl sites for hydroxylation is 2. The predicted molar refractivity (Wildman–Crippen MR) is 307 cm³/mol. The number of rotatable bonds is 32. The number of piperazine rings is 1. The lowest BCUT2D eigenvalue weighted by molar-refractivity contribution is 0.0516. The Balaban J connectivity index is 0.639. The molecule has 4 aromatic carbocycles. The molecule has 1 heterocycles. The average Bonchev–Trinajstić information content (AvgIpc) is 3.34. The van der Waals surface area contributed by atoms with E-state index < -0.39 is 26.2 Å². The summed E-state index contributed by atoms with van der Waals surface area (Å²) >= 11 is 12.7. The van der Waals surface area contributed by atoms with Gasteiger partial charge >= 0.3 is 12.1 Å². The van der Waals surface area contributed by atoms with E-state index in [1.54, 1.807) is 50.2 Å². The summed E-state index contributed by atoms with van der Waals surface area (Å²) in [5.41, 5.74) is 5.98. The van der Waals surface area contributed by atoms with Crippen molar-refractivity contribution in [2.24, 2.45) is 0 Å². The van der Waals surface area contributed by atoms with Crippen LogP contribution in [0.3, 0.4) is 0 Å². The predicted octanol–water partition coefficient (Wildman–Crippen LogP) is 5.07. The van der Waals surface area contributed by atoms with Gasteiger partial charge in [-0.25, -0.2) is 35.9 Å². The third-order valence-corrected chi connectivity index (χ3v) is 17.3. The number of urea groups is 2. The van der Waals surface area contributed by atoms with E-state index in [1.807, 2.05) is 12.1 Å². The zero-order valence-corrected chi connectivity index (χ0v) is 49.2. The zero-order chi connectivity index (χ0) is 58.5. The van der Waals surface area contributed by atoms with Crippen LogP contribution in [0.1, 0.15) is 76.0 Å². The fraction of sp³-hybridized carbons (Fsp3) is 0.500. The summed E-state index contributed by atoms with van der Waals surface area (Å²) in [5.74, 6) is 1.09. The van der Waals surface area contributed by atoms with E-state index >= 15 is 0 Å². The number of nitrogens with one attached hydrogen (secondary N) is 7. The minimum absolute atomic E-state index is 0.00945. The van der Waals surface area contributed by atoms with Gasteiger partial charge in [0.1, 0.15) is 23.7 Å². The van der Waals surface area contributed by atoms with Gasteiger partial charge < -0.3 is 55.0 Å². The molecule has 7 N–H and O–H groups in total. The van der Waals surface area contributed by atoms with Crippen LogP contribution in [0.5, 0.6) is 11.5 Å². The van der Waals surface area contributed by atoms with Crippen molar-refractivity contribution in [1.82, 2.24) is 40.9 Å². The summed E-state index contributed by atoms with van der Waals surface area (Å²) in [5, 5.41) is 34.6. The van der Waals surface area contributed by atoms with E-state index in [9.17, 15) is 36.9 Å². The summed E-state index contributed by atoms with van der Waals surface area (Å²) in [6.07, 6.45) is 2.62. The lowest BCUT2D eigenvalue weighted by Crippen LogP contribution is -2.50. The number of halogens is 2. The number of hydrogen-bond acceptors (Lipinski definition) is 16. The SMILES string of the molecule is Cc1cc(S(=O)(=O)NCCOCCOCCNC(=O)NCCCCNC(=O)NCCOCCOCCNS(=O)(=O)c2ccc(O[C@H]3c4cc(Cl)cc(C#N)c4C[C@@H]3N3CCNCC3)c(C)c2)ccc1O[C@@H]1CCc2c(C#N)cc(Cl)cc21. The second-order valence-corrected chi connectivity index (χ2v) is 24.1. The topological polar surface area (TPSA) is 293 Å². The van der Waals surface area contributed by atoms with Crippen LogP contribution in [0.25, 0.3) is 0 Å². The van der Waals surface area contributed by atoms with Crippen LogP contribution in [0.15, 0.2) is 70.5 Å². The second kappa shape index (κ2) is 31.7. The maximum atomic E-state index is 13.2. The van der Waals surface area contributed by atoms with Crippen LogP contribution in [-0.4, -0.2) is 158 Å². The molecule has 4 aromatic rings. The van der Waals surface area contributed by atoms with Crippen molar-refractivity contribution >= 4 is 55.3 Å². The summed E-state index contributed by atoms with van der Waals surface area (Å²) < 4.78 is 92.3. The Hall–Kier alpha value is -5.84. The van der Waals surface area contributed by atoms with Gasteiger partial charge in [0.05, 0.1) is 92.0 Å². The van der Waals surface area contributed by atoms with Gasteiger partial charge in [0.25, 0.3) is 0 Å². The van der Waals surface area contributed by atoms with Crippen molar-refractivity contribution in [2.45, 2.75) is 74.0 Å². The van der Waals surface area contributed by atoms with Gasteiger partial charge in [-0.05, 0) is 140 Å². The highest BCUT2D eigenvalue weighted by molar-refractivity contribution is 7.89. The third kappa shape index (κ3) is 18.6. The quantitative estimate of drug-likeness (QED) is 0.0314. The number of nitrogens with zero attached hydrogens (tertiary/aromatic N) is 3. The summed E-state index contributed by atoms with van der Waals surface area (Å²) in [4.78, 5) is 26.8. The van der Waals surface area contributed by atoms with Crippen molar-refractivity contribution in [3.63, 3.8) is 0 Å². The lowest BCUT2D eigenvalue weighted by atomic mass is 10.0. The van der Waals surface area contributed by atoms with Crippen molar-refractivity contribution < 1.29 is 54.8 Å². The molecule has 2 aliphatic carbocycles. The van der Waals surface area contributed by atoms with Gasteiger partial charge in [-0.1, -0.05) is 23.2 Å². The molecule has 1 fully saturated rings. The molecule has 82 heavy (non-hydrogen) atoms. The number of unbranched alkanes of at least 4 members (excludes halogenated alkanes) is 1. The Bertz CT molecular complexity index is 3140. The molecule has 0 saturated carbocycles. The Morgan fingerprint density at radius 1 is 0.610 bits per heavy atom. The first-order chi connectivity index (χ1) is 39.6. The lowest BCUT2D eigenvalue weighted by Gasteiger charge is -2.36. The molecule has 1 aliphatic heterocycles. The molecule has 0 spiro atoms. The monoisotopic (exact) mass is 1210 g/mol. The fourth-order valence-corrected chi connectivity index (χ4v) is 12.5. The Kier molecular flexibility index (Phi) is 24.7. The van der Waals surface area contributed by atoms with Crippen molar-refractivity contribution in [3.05, 3.63) is 115 Å². The first-order valence-electron chi connectivity index (χ1n) is 27.3. The largest absolute Gasteiger partial charge is 0.485 e. The highest BCUT2D eigenvalue weighted by atomic mass is 35.5. The Labute approximate surface area is 490 Å². The molecule has 3 aliphatic rings. The number of sulfonamides is 2. The molecule has 0 bridgehead atoms. The van der Waals surface area contributed by atoms with Crippen LogP contribution in [0.4, 0.5) is 9.59 Å². The second-order valence-electron chi connectivity index (χ2n) is 19.7. The number of carbonyl (C=O) groups excluding carboxylic acids is 2. The van der Waals surface area contributed by atoms with Gasteiger partial charge in [0.15, 0.2) is 0 Å². The zero-order valence-electron chi connectivity index (χ0n) is 46.1. The molecule has 444 valence electrons. The van der Waals surface area contributed by atoms with Gasteiger partial charge in [-0.2, -0.15) is 10.5 Å². The van der Waals surface area contributed by atoms with Crippen LogP contribution in [0, 0.1) is 36.5 Å². The summed E-state index contributed by atoms with van der Waals surface area (Å²) in [7, 11) is -7.65. The maximum absolute atomic E-state index is 13.2. The molecule has 4 amide bonds. The highest BCUT2D eigenvalue weighted by Crippen LogP contribution is 2.43. The van der Waals surface area contributed by atoms with Gasteiger partial charge in [0.2, 0.25) is 20.0 Å². The molecule has 7 rings (SSSR count). The number of fused-ring (bicyclic) bond motifs is 2. The smallest absolute Gasteiger partial charge is 0.314 e. The van der Waals surface area contributed by atoms with Crippen molar-refractivity contribution in [1.29, 1.82) is 10.5 Å². The first kappa shape index (κ1) is 63.7. The van der Waals surface area contributed by atoms with E-state index in [2.05, 4.69) is 53.1 Å². The van der Waals surface area contributed by atoms with E-state index in [4.69, 9.17) is 51.6 Å². The maximum Gasteiger partial charge on any atom is 0.314 e. The molecule has 22 nitrogen and oxygen atoms in total. The van der Waals surface area contributed by atoms with E-state index in [0.717, 1.165) is 48.4 Å². The standard InChI is InChI=1S/C56H72Cl2N10O12S2/c1-38-29-44(5-8-51(38)79-53-10-7-46-40(36-59)31-42(57)33-48(46)53)81(71,72)66-17-23-77-27-25-75-21-15-64-55(69)62-11-3-4-12-63-56(70)65-16-22-76-26-28-78-24-18-67-82(73,74)45-6-9-52(39(2)30-45)80-54-49-34-43(58)32-41(37-60)47(49)35-50(54)68-19-13-61-14-20-68/h5-6,8-9,29-34,50,53-54,61,66-67H,3-4,7,10-28,35H2,1-2H3,(H2,62,64,69)(H2,63,65,70)/t50-,53+,54-/m0/s1. The van der Waals surface area contributed by atoms with E-state index in [-0.39, 0.29) is 113 Å².